The number of fused-ring (bicyclic) bond motifs is 3. The number of imidazole rings is 2. The average molecular weight is 758 g/mol. The second-order valence-corrected chi connectivity index (χ2v) is 13.0. The molecule has 0 radical (unpaired) electrons. The fourth-order valence-electron chi connectivity index (χ4n) is 6.20. The normalized spacial score (nSPS) is 16.2. The molecule has 0 fully saturated rings. The molecule has 5 heterocycles. The number of para-hydroxylation sites is 4. The number of nitrogens with zero attached hydrogens (tertiary/aromatic N) is 7. The van der Waals surface area contributed by atoms with Crippen LogP contribution >= 0.6 is 15.9 Å². The van der Waals surface area contributed by atoms with E-state index in [1.807, 2.05) is 114 Å². The van der Waals surface area contributed by atoms with Crippen LogP contribution in [0.4, 0.5) is 17.5 Å². The van der Waals surface area contributed by atoms with E-state index in [-0.39, 0.29) is 6.79 Å². The number of halogens is 1. The van der Waals surface area contributed by atoms with Crippen molar-refractivity contribution in [2.24, 2.45) is 16.5 Å². The number of nitrogens with one attached hydrogen (secondary N) is 2. The molecule has 260 valence electrons. The summed E-state index contributed by atoms with van der Waals surface area (Å²) in [5, 5.41) is 6.49. The molecule has 0 bridgehead atoms. The minimum atomic E-state index is -1.24. The number of aryl methyl sites for hydroxylation is 2. The van der Waals surface area contributed by atoms with Crippen molar-refractivity contribution in [2.45, 2.75) is 19.6 Å². The Balaban J connectivity index is 0.000000149. The molecule has 15 heteroatoms. The Labute approximate surface area is 306 Å². The van der Waals surface area contributed by atoms with E-state index in [1.54, 1.807) is 12.1 Å². The van der Waals surface area contributed by atoms with Gasteiger partial charge in [-0.3, -0.25) is 14.9 Å². The van der Waals surface area contributed by atoms with E-state index in [4.69, 9.17) is 26.7 Å². The summed E-state index contributed by atoms with van der Waals surface area (Å²) in [4.78, 5) is 22.5. The first-order valence-corrected chi connectivity index (χ1v) is 17.0. The van der Waals surface area contributed by atoms with E-state index in [0.717, 1.165) is 43.9 Å². The molecule has 0 aliphatic carbocycles. The molecule has 2 aliphatic heterocycles. The molecule has 4 aromatic carbocycles. The van der Waals surface area contributed by atoms with Gasteiger partial charge >= 0.3 is 0 Å². The maximum atomic E-state index is 6.61. The van der Waals surface area contributed by atoms with Gasteiger partial charge in [-0.15, -0.1) is 0 Å². The highest BCUT2D eigenvalue weighted by molar-refractivity contribution is 9.10. The first-order valence-electron chi connectivity index (χ1n) is 16.2. The van der Waals surface area contributed by atoms with E-state index in [2.05, 4.69) is 51.5 Å². The van der Waals surface area contributed by atoms with Gasteiger partial charge in [0.05, 0.1) is 22.1 Å². The Morgan fingerprint density at radius 3 is 2.15 bits per heavy atom. The molecule has 52 heavy (non-hydrogen) atoms. The van der Waals surface area contributed by atoms with Crippen LogP contribution in [-0.2, 0) is 5.79 Å². The average Bonchev–Trinajstić information content (AvgIpc) is 3.82. The number of benzene rings is 4. The number of hydrogen-bond donors (Lipinski definition) is 5. The smallest absolute Gasteiger partial charge is 0.231 e. The van der Waals surface area contributed by atoms with Crippen LogP contribution in [0.1, 0.15) is 17.2 Å². The summed E-state index contributed by atoms with van der Waals surface area (Å²) in [6.07, 6.45) is 1.75. The number of aliphatic imine (C=N–C) groups is 1. The predicted molar refractivity (Wildman–Crippen MR) is 205 cm³/mol. The van der Waals surface area contributed by atoms with E-state index < -0.39 is 5.79 Å². The molecule has 2 aliphatic rings. The highest BCUT2D eigenvalue weighted by Gasteiger charge is 2.33. The van der Waals surface area contributed by atoms with Crippen molar-refractivity contribution in [3.63, 3.8) is 0 Å². The molecule has 1 unspecified atom stereocenters. The molecule has 9 rings (SSSR count). The maximum absolute atomic E-state index is 6.61. The Bertz CT molecular complexity index is 2540. The number of rotatable bonds is 5. The molecule has 7 aromatic rings. The van der Waals surface area contributed by atoms with Crippen molar-refractivity contribution in [1.82, 2.24) is 34.4 Å². The molecule has 0 saturated heterocycles. The molecular weight excluding hydrogens is 724 g/mol. The molecule has 8 N–H and O–H groups in total. The summed E-state index contributed by atoms with van der Waals surface area (Å²) < 4.78 is 15.8. The number of anilines is 3. The second-order valence-electron chi connectivity index (χ2n) is 12.1. The summed E-state index contributed by atoms with van der Waals surface area (Å²) in [5.41, 5.74) is 24.1. The first-order chi connectivity index (χ1) is 25.1. The van der Waals surface area contributed by atoms with E-state index in [9.17, 15) is 0 Å². The first kappa shape index (κ1) is 32.7. The fraction of sp³-hybridized carbons (Fsp3) is 0.108. The van der Waals surface area contributed by atoms with Crippen molar-refractivity contribution >= 4 is 67.1 Å². The number of hydrogen-bond acceptors (Lipinski definition) is 12. The third-order valence-electron chi connectivity index (χ3n) is 8.48. The minimum Gasteiger partial charge on any atom is -0.454 e. The molecule has 0 saturated carbocycles. The van der Waals surface area contributed by atoms with Crippen LogP contribution in [0.5, 0.6) is 11.5 Å². The number of aromatic nitrogens is 6. The summed E-state index contributed by atoms with van der Waals surface area (Å²) in [6, 6.07) is 30.8. The van der Waals surface area contributed by atoms with Crippen LogP contribution in [0.25, 0.3) is 33.7 Å². The SMILES string of the molecule is Cc1nc2ccccc2n1-c1cc(N)nc(Nc2ccc(Br)cc2)n1.Cc1nc2ccccc2n1C1=CC(N)=NC(N)(c2ccc3c(c2)OCO3)N1. The Kier molecular flexibility index (Phi) is 8.20. The Morgan fingerprint density at radius 1 is 0.769 bits per heavy atom. The van der Waals surface area contributed by atoms with Gasteiger partial charge in [0.25, 0.3) is 0 Å². The zero-order valence-corrected chi connectivity index (χ0v) is 29.7. The molecule has 0 amide bonds. The van der Waals surface area contributed by atoms with Crippen LogP contribution in [0.2, 0.25) is 0 Å². The van der Waals surface area contributed by atoms with Crippen LogP contribution < -0.4 is 37.3 Å². The summed E-state index contributed by atoms with van der Waals surface area (Å²) in [7, 11) is 0. The third-order valence-corrected chi connectivity index (χ3v) is 9.01. The standard InChI is InChI=1S/C19H18N6O2.C18H15BrN6/c1-11-22-13-4-2-3-5-14(13)25(11)18-9-17(20)23-19(21,24-18)12-6-7-15-16(8-12)27-10-26-15;1-11-21-14-4-2-3-5-15(14)25(11)17-10-16(20)23-18(24-17)22-13-8-6-12(19)7-9-13/h2-9,24H,10,21H2,1H3,(H2,20,23);2-10H,1H3,(H3,20,22,23,24). The number of nitrogens with two attached hydrogens (primary N) is 3. The van der Waals surface area contributed by atoms with Crippen molar-refractivity contribution in [2.75, 3.05) is 17.8 Å². The topological polar surface area (TPSA) is 194 Å². The molecule has 0 spiro atoms. The Hall–Kier alpha value is -6.45. The summed E-state index contributed by atoms with van der Waals surface area (Å²) in [6.45, 7) is 4.07. The van der Waals surface area contributed by atoms with Gasteiger partial charge < -0.3 is 31.6 Å². The van der Waals surface area contributed by atoms with Crippen LogP contribution in [0.15, 0.2) is 113 Å². The molecule has 3 aromatic heterocycles. The van der Waals surface area contributed by atoms with Crippen LogP contribution in [0.3, 0.4) is 0 Å². The van der Waals surface area contributed by atoms with E-state index >= 15 is 0 Å². The highest BCUT2D eigenvalue weighted by atomic mass is 79.9. The van der Waals surface area contributed by atoms with Crippen molar-refractivity contribution < 1.29 is 9.47 Å². The highest BCUT2D eigenvalue weighted by Crippen LogP contribution is 2.36. The lowest BCUT2D eigenvalue weighted by Gasteiger charge is -2.33. The van der Waals surface area contributed by atoms with Gasteiger partial charge in [-0.1, -0.05) is 40.2 Å². The van der Waals surface area contributed by atoms with E-state index in [0.29, 0.717) is 46.3 Å². The molecular formula is C37H33BrN12O2. The number of amidine groups is 1. The van der Waals surface area contributed by atoms with Gasteiger partial charge in [0, 0.05) is 27.9 Å². The third kappa shape index (κ3) is 6.22. The lowest BCUT2D eigenvalue weighted by molar-refractivity contribution is 0.174. The predicted octanol–water partition coefficient (Wildman–Crippen LogP) is 5.81. The van der Waals surface area contributed by atoms with Crippen LogP contribution in [0, 0.1) is 13.8 Å². The zero-order chi connectivity index (χ0) is 36.0. The Morgan fingerprint density at radius 2 is 1.42 bits per heavy atom. The number of ether oxygens (including phenoxy) is 2. The summed E-state index contributed by atoms with van der Waals surface area (Å²) >= 11 is 3.42. The quantitative estimate of drug-likeness (QED) is 0.142. The van der Waals surface area contributed by atoms with Gasteiger partial charge in [-0.25, -0.2) is 15.0 Å². The van der Waals surface area contributed by atoms with Gasteiger partial charge in [0.2, 0.25) is 18.5 Å². The van der Waals surface area contributed by atoms with E-state index in [1.165, 1.54) is 0 Å². The van der Waals surface area contributed by atoms with Crippen molar-refractivity contribution in [3.8, 4) is 17.3 Å². The summed E-state index contributed by atoms with van der Waals surface area (Å²) in [5.74, 6) is 4.26. The molecule has 14 nitrogen and oxygen atoms in total. The van der Waals surface area contributed by atoms with Crippen LogP contribution in [-0.4, -0.2) is 41.7 Å². The van der Waals surface area contributed by atoms with Gasteiger partial charge in [0.1, 0.15) is 34.9 Å². The zero-order valence-electron chi connectivity index (χ0n) is 28.1. The van der Waals surface area contributed by atoms with Crippen molar-refractivity contribution in [1.29, 1.82) is 0 Å². The maximum Gasteiger partial charge on any atom is 0.231 e. The second kappa shape index (κ2) is 13.0. The number of nitrogen functional groups attached to an aromatic ring is 1. The van der Waals surface area contributed by atoms with Gasteiger partial charge in [-0.05, 0) is 80.6 Å². The minimum absolute atomic E-state index is 0.195. The lowest BCUT2D eigenvalue weighted by Crippen LogP contribution is -2.52. The molecule has 1 atom stereocenters. The lowest BCUT2D eigenvalue weighted by atomic mass is 10.1. The van der Waals surface area contributed by atoms with Gasteiger partial charge in [-0.2, -0.15) is 9.97 Å². The fourth-order valence-corrected chi connectivity index (χ4v) is 6.46. The van der Waals surface area contributed by atoms with Crippen molar-refractivity contribution in [3.05, 3.63) is 125 Å². The monoisotopic (exact) mass is 756 g/mol. The van der Waals surface area contributed by atoms with Gasteiger partial charge in [0.15, 0.2) is 11.5 Å². The largest absolute Gasteiger partial charge is 0.454 e.